The van der Waals surface area contributed by atoms with Crippen LogP contribution in [0.2, 0.25) is 0 Å². The number of hydrogen-bond donors (Lipinski definition) is 1. The van der Waals surface area contributed by atoms with Crippen LogP contribution in [-0.2, 0) is 32.4 Å². The van der Waals surface area contributed by atoms with E-state index in [9.17, 15) is 17.6 Å². The number of carbonyl (C=O) groups is 1. The summed E-state index contributed by atoms with van der Waals surface area (Å²) in [6.45, 7) is 1.90. The monoisotopic (exact) mass is 331 g/mol. The maximum absolute atomic E-state index is 13.5. The fourth-order valence-corrected chi connectivity index (χ4v) is 2.57. The van der Waals surface area contributed by atoms with E-state index in [0.29, 0.717) is 23.3 Å². The van der Waals surface area contributed by atoms with Crippen molar-refractivity contribution in [2.24, 2.45) is 0 Å². The van der Waals surface area contributed by atoms with Gasteiger partial charge < -0.3 is 14.8 Å². The van der Waals surface area contributed by atoms with Gasteiger partial charge in [-0.2, -0.15) is 0 Å². The van der Waals surface area contributed by atoms with Crippen LogP contribution < -0.4 is 10.1 Å². The Kier molecular flexibility index (Phi) is 5.02. The van der Waals surface area contributed by atoms with E-state index in [2.05, 4.69) is 5.32 Å². The minimum Gasteiger partial charge on any atom is -0.467 e. The largest absolute Gasteiger partial charge is 0.467 e. The van der Waals surface area contributed by atoms with Gasteiger partial charge in [0.1, 0.15) is 16.8 Å². The number of amides is 1. The van der Waals surface area contributed by atoms with Gasteiger partial charge in [-0.25, -0.2) is 12.8 Å². The van der Waals surface area contributed by atoms with Crippen LogP contribution in [-0.4, -0.2) is 39.2 Å². The van der Waals surface area contributed by atoms with Crippen LogP contribution in [0.4, 0.5) is 4.39 Å². The highest BCUT2D eigenvalue weighted by atomic mass is 32.2. The van der Waals surface area contributed by atoms with Gasteiger partial charge in [0.25, 0.3) is 0 Å². The average Bonchev–Trinajstić information content (AvgIpc) is 2.45. The highest BCUT2D eigenvalue weighted by Gasteiger charge is 2.23. The van der Waals surface area contributed by atoms with E-state index >= 15 is 0 Å². The van der Waals surface area contributed by atoms with Gasteiger partial charge in [0, 0.05) is 18.4 Å². The second-order valence-electron chi connectivity index (χ2n) is 5.18. The molecule has 1 aliphatic heterocycles. The number of rotatable bonds is 5. The Bertz CT molecular complexity index is 674. The molecule has 1 aromatic rings. The Morgan fingerprint density at radius 1 is 1.45 bits per heavy atom. The van der Waals surface area contributed by atoms with Crippen molar-refractivity contribution in [2.45, 2.75) is 25.2 Å². The molecule has 1 aliphatic rings. The van der Waals surface area contributed by atoms with Crippen LogP contribution in [0.25, 0.3) is 0 Å². The molecule has 0 unspecified atom stereocenters. The zero-order valence-corrected chi connectivity index (χ0v) is 13.2. The molecule has 0 saturated heterocycles. The van der Waals surface area contributed by atoms with E-state index in [1.54, 1.807) is 0 Å². The van der Waals surface area contributed by atoms with Crippen molar-refractivity contribution in [3.8, 4) is 5.75 Å². The summed E-state index contributed by atoms with van der Waals surface area (Å²) in [6, 6.07) is 2.69. The third kappa shape index (κ3) is 3.95. The molecular formula is C14H18FNO5S. The molecule has 22 heavy (non-hydrogen) atoms. The van der Waals surface area contributed by atoms with Gasteiger partial charge in [0.15, 0.2) is 16.6 Å². The Morgan fingerprint density at radius 3 is 2.86 bits per heavy atom. The van der Waals surface area contributed by atoms with Gasteiger partial charge in [0.05, 0.1) is 6.61 Å². The van der Waals surface area contributed by atoms with Gasteiger partial charge in [-0.15, -0.1) is 0 Å². The van der Waals surface area contributed by atoms with Crippen LogP contribution in [0.3, 0.4) is 0 Å². The summed E-state index contributed by atoms with van der Waals surface area (Å²) < 4.78 is 46.6. The first-order valence-electron chi connectivity index (χ1n) is 6.77. The molecule has 1 aromatic carbocycles. The molecule has 2 rings (SSSR count). The number of halogens is 1. The van der Waals surface area contributed by atoms with E-state index < -0.39 is 26.8 Å². The van der Waals surface area contributed by atoms with Gasteiger partial charge in [-0.05, 0) is 31.0 Å². The standard InChI is InChI=1S/C14H18FNO5S/c1-9(22(2,18)19)14(17)16-4-3-10-5-12(15)6-11-7-20-8-21-13(10)11/h5-6,9H,3-4,7-8H2,1-2H3,(H,16,17)/t9-/m0/s1. The van der Waals surface area contributed by atoms with E-state index in [-0.39, 0.29) is 19.9 Å². The lowest BCUT2D eigenvalue weighted by atomic mass is 10.1. The molecule has 0 radical (unpaired) electrons. The lowest BCUT2D eigenvalue weighted by Crippen LogP contribution is -2.38. The second kappa shape index (κ2) is 6.62. The summed E-state index contributed by atoms with van der Waals surface area (Å²) in [5.41, 5.74) is 1.24. The molecule has 0 fully saturated rings. The maximum Gasteiger partial charge on any atom is 0.238 e. The van der Waals surface area contributed by atoms with Crippen LogP contribution in [0.5, 0.6) is 5.75 Å². The highest BCUT2D eigenvalue weighted by Crippen LogP contribution is 2.29. The van der Waals surface area contributed by atoms with Crippen LogP contribution in [0.15, 0.2) is 12.1 Å². The molecule has 1 atom stereocenters. The quantitative estimate of drug-likeness (QED) is 0.862. The number of hydrogen-bond acceptors (Lipinski definition) is 5. The van der Waals surface area contributed by atoms with E-state index in [1.807, 2.05) is 0 Å². The van der Waals surface area contributed by atoms with Crippen molar-refractivity contribution < 1.29 is 27.1 Å². The number of fused-ring (bicyclic) bond motifs is 1. The predicted molar refractivity (Wildman–Crippen MR) is 77.7 cm³/mol. The molecular weight excluding hydrogens is 313 g/mol. The zero-order chi connectivity index (χ0) is 16.3. The molecule has 0 aromatic heterocycles. The summed E-state index contributed by atoms with van der Waals surface area (Å²) in [7, 11) is -3.43. The van der Waals surface area contributed by atoms with Crippen molar-refractivity contribution in [3.63, 3.8) is 0 Å². The summed E-state index contributed by atoms with van der Waals surface area (Å²) in [5, 5.41) is 1.42. The first-order chi connectivity index (χ1) is 10.3. The minimum atomic E-state index is -3.43. The normalized spacial score (nSPS) is 15.6. The van der Waals surface area contributed by atoms with Gasteiger partial charge in [0.2, 0.25) is 5.91 Å². The molecule has 1 heterocycles. The Morgan fingerprint density at radius 2 is 2.18 bits per heavy atom. The maximum atomic E-state index is 13.5. The lowest BCUT2D eigenvalue weighted by Gasteiger charge is -2.21. The van der Waals surface area contributed by atoms with Crippen molar-refractivity contribution >= 4 is 15.7 Å². The number of ether oxygens (including phenoxy) is 2. The topological polar surface area (TPSA) is 81.7 Å². The number of carbonyl (C=O) groups excluding carboxylic acids is 1. The lowest BCUT2D eigenvalue weighted by molar-refractivity contribution is -0.120. The summed E-state index contributed by atoms with van der Waals surface area (Å²) in [6.07, 6.45) is 1.34. The molecule has 0 spiro atoms. The first-order valence-corrected chi connectivity index (χ1v) is 8.73. The first kappa shape index (κ1) is 16.7. The molecule has 0 saturated carbocycles. The predicted octanol–water partition coefficient (Wildman–Crippen LogP) is 0.784. The summed E-state index contributed by atoms with van der Waals surface area (Å²) >= 11 is 0. The van der Waals surface area contributed by atoms with Gasteiger partial charge >= 0.3 is 0 Å². The summed E-state index contributed by atoms with van der Waals surface area (Å²) in [4.78, 5) is 11.7. The van der Waals surface area contributed by atoms with Crippen molar-refractivity contribution in [1.82, 2.24) is 5.32 Å². The van der Waals surface area contributed by atoms with Crippen LogP contribution in [0.1, 0.15) is 18.1 Å². The molecule has 6 nitrogen and oxygen atoms in total. The van der Waals surface area contributed by atoms with Gasteiger partial charge in [-0.3, -0.25) is 4.79 Å². The van der Waals surface area contributed by atoms with Crippen LogP contribution >= 0.6 is 0 Å². The molecule has 1 amide bonds. The van der Waals surface area contributed by atoms with Crippen molar-refractivity contribution in [3.05, 3.63) is 29.1 Å². The number of benzene rings is 1. The number of nitrogens with one attached hydrogen (secondary N) is 1. The molecule has 122 valence electrons. The Hall–Kier alpha value is -1.67. The van der Waals surface area contributed by atoms with E-state index in [0.717, 1.165) is 6.26 Å². The Labute approximate surface area is 128 Å². The highest BCUT2D eigenvalue weighted by molar-refractivity contribution is 7.92. The van der Waals surface area contributed by atoms with Gasteiger partial charge in [-0.1, -0.05) is 0 Å². The summed E-state index contributed by atoms with van der Waals surface area (Å²) in [5.74, 6) is -0.409. The van der Waals surface area contributed by atoms with Crippen molar-refractivity contribution in [2.75, 3.05) is 19.6 Å². The zero-order valence-electron chi connectivity index (χ0n) is 12.4. The average molecular weight is 331 g/mol. The van der Waals surface area contributed by atoms with Crippen molar-refractivity contribution in [1.29, 1.82) is 0 Å². The third-order valence-electron chi connectivity index (χ3n) is 3.46. The smallest absolute Gasteiger partial charge is 0.238 e. The molecule has 1 N–H and O–H groups in total. The molecule has 0 aliphatic carbocycles. The fraction of sp³-hybridized carbons (Fsp3) is 0.500. The molecule has 8 heteroatoms. The minimum absolute atomic E-state index is 0.100. The molecule has 0 bridgehead atoms. The Balaban J connectivity index is 2.01. The van der Waals surface area contributed by atoms with E-state index in [1.165, 1.54) is 19.1 Å². The number of sulfone groups is 1. The van der Waals surface area contributed by atoms with E-state index in [4.69, 9.17) is 9.47 Å². The second-order valence-corrected chi connectivity index (χ2v) is 7.54. The van der Waals surface area contributed by atoms with Crippen LogP contribution in [0, 0.1) is 5.82 Å². The fourth-order valence-electron chi connectivity index (χ4n) is 2.10. The SMILES string of the molecule is C[C@@H](C(=O)NCCc1cc(F)cc2c1OCOC2)S(C)(=O)=O. The third-order valence-corrected chi connectivity index (χ3v) is 4.96.